The molecule has 11 nitrogen and oxygen atoms in total. The Balaban J connectivity index is 1.43. The normalized spacial score (nSPS) is 17.1. The third-order valence-corrected chi connectivity index (χ3v) is 8.35. The molecule has 1 aliphatic rings. The minimum Gasteiger partial charge on any atom is -0.497 e. The van der Waals surface area contributed by atoms with Gasteiger partial charge >= 0.3 is 0 Å². The summed E-state index contributed by atoms with van der Waals surface area (Å²) < 4.78 is 48.5. The molecule has 0 aliphatic heterocycles. The maximum Gasteiger partial charge on any atom is 0.261 e. The quantitative estimate of drug-likeness (QED) is 0.195. The highest BCUT2D eigenvalue weighted by Crippen LogP contribution is 2.30. The first-order chi connectivity index (χ1) is 19.6. The lowest BCUT2D eigenvalue weighted by molar-refractivity contribution is 0.100. The number of anilines is 4. The monoisotopic (exact) mass is 579 g/mol. The first kappa shape index (κ1) is 28.1. The molecule has 2 heterocycles. The molecule has 0 saturated heterocycles. The number of primary amides is 1. The minimum atomic E-state index is -3.90. The largest absolute Gasteiger partial charge is 0.497 e. The molecule has 2 aromatic heterocycles. The number of carbonyl (C=O) groups is 1. The van der Waals surface area contributed by atoms with E-state index < -0.39 is 21.7 Å². The van der Waals surface area contributed by atoms with Gasteiger partial charge < -0.3 is 26.8 Å². The molecule has 0 radical (unpaired) electrons. The van der Waals surface area contributed by atoms with Crippen molar-refractivity contribution in [3.63, 3.8) is 0 Å². The summed E-state index contributed by atoms with van der Waals surface area (Å²) in [6.45, 7) is 0. The number of nitrogens with one attached hydrogen (secondary N) is 3. The van der Waals surface area contributed by atoms with E-state index in [0.717, 1.165) is 31.7 Å². The number of nitrogens with zero attached hydrogens (tertiary/aromatic N) is 2. The number of sulfonamides is 1. The number of pyridine rings is 2. The van der Waals surface area contributed by atoms with Crippen LogP contribution in [0.4, 0.5) is 27.4 Å². The van der Waals surface area contributed by atoms with Crippen molar-refractivity contribution in [3.05, 3.63) is 72.2 Å². The predicted molar refractivity (Wildman–Crippen MR) is 155 cm³/mol. The first-order valence-electron chi connectivity index (χ1n) is 13.0. The second kappa shape index (κ2) is 11.6. The number of halogens is 1. The number of para-hydroxylation sites is 1. The molecule has 1 amide bonds. The van der Waals surface area contributed by atoms with Gasteiger partial charge in [-0.25, -0.2) is 17.8 Å². The van der Waals surface area contributed by atoms with Crippen LogP contribution in [0.3, 0.4) is 0 Å². The van der Waals surface area contributed by atoms with Gasteiger partial charge in [0.1, 0.15) is 11.6 Å². The maximum atomic E-state index is 14.9. The summed E-state index contributed by atoms with van der Waals surface area (Å²) >= 11 is 0. The Morgan fingerprint density at radius 1 is 1.07 bits per heavy atom. The fourth-order valence-corrected chi connectivity index (χ4v) is 5.86. The van der Waals surface area contributed by atoms with Crippen molar-refractivity contribution in [2.75, 3.05) is 22.5 Å². The summed E-state index contributed by atoms with van der Waals surface area (Å²) in [4.78, 5) is 20.9. The number of nitrogens with two attached hydrogens (primary N) is 2. The average molecular weight is 580 g/mol. The Labute approximate surface area is 236 Å². The summed E-state index contributed by atoms with van der Waals surface area (Å²) in [5.41, 5.74) is 12.7. The van der Waals surface area contributed by atoms with Crippen molar-refractivity contribution in [2.24, 2.45) is 11.5 Å². The third-order valence-electron chi connectivity index (χ3n) is 6.97. The number of hydrogen-bond acceptors (Lipinski definition) is 9. The molecule has 1 aliphatic carbocycles. The second-order valence-corrected chi connectivity index (χ2v) is 11.5. The van der Waals surface area contributed by atoms with Gasteiger partial charge in [-0.05, 0) is 55.3 Å². The van der Waals surface area contributed by atoms with Crippen molar-refractivity contribution in [2.45, 2.75) is 42.7 Å². The molecule has 13 heteroatoms. The first-order valence-corrected chi connectivity index (χ1v) is 14.5. The fraction of sp³-hybridized carbons (Fsp3) is 0.250. The van der Waals surface area contributed by atoms with Crippen LogP contribution in [0.5, 0.6) is 5.75 Å². The van der Waals surface area contributed by atoms with Gasteiger partial charge in [-0.3, -0.25) is 14.5 Å². The van der Waals surface area contributed by atoms with E-state index in [1.807, 2.05) is 0 Å². The molecule has 5 rings (SSSR count). The van der Waals surface area contributed by atoms with E-state index in [2.05, 4.69) is 25.3 Å². The summed E-state index contributed by atoms with van der Waals surface area (Å²) in [6, 6.07) is 13.5. The summed E-state index contributed by atoms with van der Waals surface area (Å²) in [6.07, 6.45) is 5.04. The Bertz CT molecular complexity index is 1700. The molecule has 2 atom stereocenters. The number of hydrogen-bond donors (Lipinski definition) is 5. The summed E-state index contributed by atoms with van der Waals surface area (Å²) in [7, 11) is -2.41. The van der Waals surface area contributed by atoms with Gasteiger partial charge in [0.05, 0.1) is 40.7 Å². The highest BCUT2D eigenvalue weighted by Gasteiger charge is 2.25. The molecule has 1 unspecified atom stereocenters. The Hall–Kier alpha value is -4.49. The van der Waals surface area contributed by atoms with Gasteiger partial charge in [0.2, 0.25) is 0 Å². The zero-order chi connectivity index (χ0) is 29.1. The smallest absolute Gasteiger partial charge is 0.261 e. The van der Waals surface area contributed by atoms with E-state index in [4.69, 9.17) is 16.2 Å². The topological polar surface area (TPSA) is 174 Å². The molecule has 0 bridgehead atoms. The SMILES string of the molecule is COc1ccc(S(=O)(=O)Nc2cccc3cc(Nc4nc(NC5CCCC[C@@H]5N)c(F)cc4C(N)=O)cnc23)cc1. The van der Waals surface area contributed by atoms with E-state index in [9.17, 15) is 17.6 Å². The van der Waals surface area contributed by atoms with E-state index in [0.29, 0.717) is 22.3 Å². The number of amides is 1. The molecular weight excluding hydrogens is 549 g/mol. The number of methoxy groups -OCH3 is 1. The van der Waals surface area contributed by atoms with E-state index in [-0.39, 0.29) is 39.9 Å². The maximum absolute atomic E-state index is 14.9. The lowest BCUT2D eigenvalue weighted by Gasteiger charge is -2.30. The standard InChI is InChI=1S/C28H30FN7O4S/c1-40-18-9-11-19(12-10-18)41(38,39)36-24-8-4-5-16-13-17(15-32-25(16)24)33-27-20(26(31)37)14-21(29)28(35-27)34-23-7-3-2-6-22(23)30/h4-5,8-15,22-23,36H,2-3,6-7,30H2,1H3,(H2,31,37)(H2,33,34,35)/t22-,23?/m0/s1. The van der Waals surface area contributed by atoms with E-state index in [1.165, 1.54) is 25.4 Å². The van der Waals surface area contributed by atoms with Crippen molar-refractivity contribution in [3.8, 4) is 5.75 Å². The van der Waals surface area contributed by atoms with Crippen molar-refractivity contribution in [1.82, 2.24) is 9.97 Å². The van der Waals surface area contributed by atoms with Gasteiger partial charge in [0, 0.05) is 17.5 Å². The molecule has 0 spiro atoms. The molecule has 1 fully saturated rings. The predicted octanol–water partition coefficient (Wildman–Crippen LogP) is 4.10. The number of benzene rings is 2. The number of aromatic nitrogens is 2. The Kier molecular flexibility index (Phi) is 7.90. The van der Waals surface area contributed by atoms with Gasteiger partial charge in [-0.15, -0.1) is 0 Å². The van der Waals surface area contributed by atoms with Gasteiger partial charge in [-0.1, -0.05) is 25.0 Å². The molecule has 1 saturated carbocycles. The van der Waals surface area contributed by atoms with E-state index >= 15 is 0 Å². The van der Waals surface area contributed by atoms with Gasteiger partial charge in [-0.2, -0.15) is 0 Å². The van der Waals surface area contributed by atoms with Crippen LogP contribution in [-0.2, 0) is 10.0 Å². The number of fused-ring (bicyclic) bond motifs is 1. The lowest BCUT2D eigenvalue weighted by Crippen LogP contribution is -2.43. The Morgan fingerprint density at radius 3 is 2.54 bits per heavy atom. The summed E-state index contributed by atoms with van der Waals surface area (Å²) in [5, 5.41) is 6.68. The van der Waals surface area contributed by atoms with E-state index in [1.54, 1.807) is 36.4 Å². The molecule has 4 aromatic rings. The average Bonchev–Trinajstić information content (AvgIpc) is 2.95. The Morgan fingerprint density at radius 2 is 1.83 bits per heavy atom. The van der Waals surface area contributed by atoms with Crippen LogP contribution in [0.1, 0.15) is 36.0 Å². The van der Waals surface area contributed by atoms with Crippen molar-refractivity contribution >= 4 is 49.8 Å². The molecule has 41 heavy (non-hydrogen) atoms. The number of rotatable bonds is 9. The minimum absolute atomic E-state index is 0.0381. The van der Waals surface area contributed by atoms with Crippen molar-refractivity contribution < 1.29 is 22.3 Å². The highest BCUT2D eigenvalue weighted by molar-refractivity contribution is 7.92. The number of ether oxygens (including phenoxy) is 1. The highest BCUT2D eigenvalue weighted by atomic mass is 32.2. The van der Waals surface area contributed by atoms with Crippen molar-refractivity contribution in [1.29, 1.82) is 0 Å². The zero-order valence-corrected chi connectivity index (χ0v) is 23.0. The van der Waals surface area contributed by atoms with Crippen LogP contribution >= 0.6 is 0 Å². The van der Waals surface area contributed by atoms with Crippen LogP contribution in [0.2, 0.25) is 0 Å². The van der Waals surface area contributed by atoms with Gasteiger partial charge in [0.15, 0.2) is 11.6 Å². The fourth-order valence-electron chi connectivity index (χ4n) is 4.79. The second-order valence-electron chi connectivity index (χ2n) is 9.79. The molecule has 214 valence electrons. The number of carbonyl (C=O) groups excluding carboxylic acids is 1. The van der Waals surface area contributed by atoms with Crippen LogP contribution in [0.15, 0.2) is 65.7 Å². The molecule has 2 aromatic carbocycles. The molecule has 7 N–H and O–H groups in total. The summed E-state index contributed by atoms with van der Waals surface area (Å²) in [5.74, 6) is -1.03. The third kappa shape index (κ3) is 6.15. The lowest BCUT2D eigenvalue weighted by atomic mass is 9.91. The van der Waals surface area contributed by atoms with Crippen LogP contribution in [0, 0.1) is 5.82 Å². The van der Waals surface area contributed by atoms with Crippen LogP contribution in [-0.4, -0.2) is 43.5 Å². The molecular formula is C28H30FN7O4S. The van der Waals surface area contributed by atoms with Crippen LogP contribution in [0.25, 0.3) is 10.9 Å². The van der Waals surface area contributed by atoms with Gasteiger partial charge in [0.25, 0.3) is 15.9 Å². The zero-order valence-electron chi connectivity index (χ0n) is 22.2. The van der Waals surface area contributed by atoms with Crippen LogP contribution < -0.4 is 31.6 Å².